The van der Waals surface area contributed by atoms with Crippen LogP contribution < -0.4 is 4.90 Å². The van der Waals surface area contributed by atoms with E-state index in [0.29, 0.717) is 59.0 Å². The molecular weight excluding hydrogens is 577 g/mol. The summed E-state index contributed by atoms with van der Waals surface area (Å²) in [4.78, 5) is 38.1. The Morgan fingerprint density at radius 2 is 1.82 bits per heavy atom. The van der Waals surface area contributed by atoms with E-state index in [4.69, 9.17) is 31.5 Å². The minimum absolute atomic E-state index is 0.0149. The third kappa shape index (κ3) is 5.41. The molecule has 0 saturated carbocycles. The molecule has 228 valence electrons. The number of piperazine rings is 1. The van der Waals surface area contributed by atoms with Gasteiger partial charge in [0.05, 0.1) is 33.4 Å². The highest BCUT2D eigenvalue weighted by Gasteiger charge is 2.38. The Bertz CT molecular complexity index is 1730. The third-order valence-electron chi connectivity index (χ3n) is 7.98. The second-order valence-electron chi connectivity index (χ2n) is 11.7. The van der Waals surface area contributed by atoms with Gasteiger partial charge in [-0.2, -0.15) is 0 Å². The van der Waals surface area contributed by atoms with Crippen molar-refractivity contribution in [1.29, 1.82) is 0 Å². The van der Waals surface area contributed by atoms with Gasteiger partial charge in [0.25, 0.3) is 0 Å². The van der Waals surface area contributed by atoms with Crippen LogP contribution in [0.3, 0.4) is 0 Å². The van der Waals surface area contributed by atoms with Gasteiger partial charge >= 0.3 is 0 Å². The van der Waals surface area contributed by atoms with Crippen LogP contribution in [0.1, 0.15) is 63.3 Å². The average molecular weight is 614 g/mol. The molecule has 3 aromatic rings. The van der Waals surface area contributed by atoms with Crippen molar-refractivity contribution in [3.05, 3.63) is 95.6 Å². The van der Waals surface area contributed by atoms with Crippen molar-refractivity contribution in [2.24, 2.45) is 4.99 Å². The largest absolute Gasteiger partial charge is 0.349 e. The summed E-state index contributed by atoms with van der Waals surface area (Å²) in [5, 5.41) is 0.282. The quantitative estimate of drug-likeness (QED) is 0.282. The molecule has 2 unspecified atom stereocenters. The summed E-state index contributed by atoms with van der Waals surface area (Å²) in [6, 6.07) is 8.01. The number of hydrogen-bond donors (Lipinski definition) is 0. The normalized spacial score (nSPS) is 18.3. The van der Waals surface area contributed by atoms with Crippen molar-refractivity contribution in [2.45, 2.75) is 59.5 Å². The molecule has 1 aromatic carbocycles. The Hall–Kier alpha value is -4.37. The zero-order chi connectivity index (χ0) is 32.0. The van der Waals surface area contributed by atoms with Gasteiger partial charge in [-0.3, -0.25) is 9.69 Å². The molecule has 8 nitrogen and oxygen atoms in total. The Labute approximate surface area is 263 Å². The summed E-state index contributed by atoms with van der Waals surface area (Å²) in [7, 11) is 0. The molecule has 2 aromatic heterocycles. The van der Waals surface area contributed by atoms with Crippen molar-refractivity contribution >= 4 is 40.4 Å². The number of aromatic nitrogens is 3. The topological polar surface area (TPSA) is 77.8 Å². The molecule has 1 fully saturated rings. The maximum atomic E-state index is 15.1. The fraction of sp³-hybridized carbons (Fsp3) is 0.324. The Kier molecular flexibility index (Phi) is 8.44. The highest BCUT2D eigenvalue weighted by molar-refractivity contribution is 6.33. The van der Waals surface area contributed by atoms with Crippen LogP contribution in [0, 0.1) is 12.7 Å². The first-order valence-corrected chi connectivity index (χ1v) is 15.0. The van der Waals surface area contributed by atoms with E-state index in [0.717, 1.165) is 11.3 Å². The minimum atomic E-state index is -0.435. The van der Waals surface area contributed by atoms with Crippen molar-refractivity contribution < 1.29 is 9.18 Å². The fourth-order valence-corrected chi connectivity index (χ4v) is 6.02. The molecule has 0 N–H and O–H groups in total. The molecule has 2 atom stereocenters. The summed E-state index contributed by atoms with van der Waals surface area (Å²) < 4.78 is 15.1. The van der Waals surface area contributed by atoms with Crippen molar-refractivity contribution in [1.82, 2.24) is 24.8 Å². The number of rotatable bonds is 5. The van der Waals surface area contributed by atoms with E-state index in [1.54, 1.807) is 24.3 Å². The zero-order valence-corrected chi connectivity index (χ0v) is 26.8. The van der Waals surface area contributed by atoms with Gasteiger partial charge in [0, 0.05) is 30.7 Å². The monoisotopic (exact) mass is 613 g/mol. The van der Waals surface area contributed by atoms with E-state index >= 15 is 4.39 Å². The number of nitrogens with zero attached hydrogens (tertiary/aromatic N) is 7. The SMILES string of the molecule is C=CC(=O)N1CC(C)N(C2=NC(=C)N(c3c(C)nc(C(=C)C)nc3C(C)C)c3nc(-c4ccccc4F)c(Cl)cc32)CC1C. The maximum absolute atomic E-state index is 15.1. The lowest BCUT2D eigenvalue weighted by Gasteiger charge is -2.46. The van der Waals surface area contributed by atoms with Crippen LogP contribution in [0.25, 0.3) is 16.8 Å². The second kappa shape index (κ2) is 12.0. The number of fused-ring (bicyclic) bond motifs is 1. The maximum Gasteiger partial charge on any atom is 0.246 e. The molecule has 2 aliphatic heterocycles. The number of pyridine rings is 1. The van der Waals surface area contributed by atoms with Crippen LogP contribution in [0.2, 0.25) is 5.02 Å². The van der Waals surface area contributed by atoms with Gasteiger partial charge in [0.1, 0.15) is 17.5 Å². The molecule has 0 aliphatic carbocycles. The predicted octanol–water partition coefficient (Wildman–Crippen LogP) is 7.27. The molecule has 44 heavy (non-hydrogen) atoms. The number of aryl methyl sites for hydroxylation is 1. The summed E-state index contributed by atoms with van der Waals surface area (Å²) in [6.45, 7) is 25.0. The Morgan fingerprint density at radius 1 is 1.11 bits per heavy atom. The predicted molar refractivity (Wildman–Crippen MR) is 176 cm³/mol. The number of carbonyl (C=O) groups excluding carboxylic acids is 1. The number of allylic oxidation sites excluding steroid dienone is 1. The standard InChI is InChI=1S/C34H37ClFN7O/c1-10-28(44)41-16-21(7)42(17-20(41)6)33-25-15-26(35)30(24-13-11-12-14-27(24)36)40-34(25)43(23(9)38-33)31-22(8)37-32(19(4)5)39-29(31)18(2)3/h10-15,18,20-21H,1,4,9,16-17H2,2-3,5-8H3. The molecule has 2 aliphatic rings. The lowest BCUT2D eigenvalue weighted by atomic mass is 10.0. The van der Waals surface area contributed by atoms with Crippen LogP contribution in [-0.4, -0.2) is 61.7 Å². The van der Waals surface area contributed by atoms with Crippen molar-refractivity contribution in [3.8, 4) is 11.3 Å². The van der Waals surface area contributed by atoms with Crippen LogP contribution in [0.15, 0.2) is 67.0 Å². The van der Waals surface area contributed by atoms with Crippen molar-refractivity contribution in [2.75, 3.05) is 18.0 Å². The molecule has 0 bridgehead atoms. The van der Waals surface area contributed by atoms with Gasteiger partial charge in [0.15, 0.2) is 11.6 Å². The van der Waals surface area contributed by atoms with Gasteiger partial charge in [-0.1, -0.05) is 57.3 Å². The summed E-state index contributed by atoms with van der Waals surface area (Å²) in [6.07, 6.45) is 1.34. The first-order valence-electron chi connectivity index (χ1n) is 14.6. The molecule has 1 saturated heterocycles. The second-order valence-corrected chi connectivity index (χ2v) is 12.1. The smallest absolute Gasteiger partial charge is 0.246 e. The first kappa shape index (κ1) is 31.1. The van der Waals surface area contributed by atoms with Gasteiger partial charge in [-0.15, -0.1) is 0 Å². The minimum Gasteiger partial charge on any atom is -0.349 e. The summed E-state index contributed by atoms with van der Waals surface area (Å²) in [5.74, 6) is 1.56. The number of anilines is 2. The number of carbonyl (C=O) groups is 1. The van der Waals surface area contributed by atoms with E-state index in [1.165, 1.54) is 12.1 Å². The Balaban J connectivity index is 1.75. The third-order valence-corrected chi connectivity index (χ3v) is 8.27. The van der Waals surface area contributed by atoms with Gasteiger partial charge in [-0.25, -0.2) is 24.3 Å². The lowest BCUT2D eigenvalue weighted by molar-refractivity contribution is -0.130. The first-order chi connectivity index (χ1) is 20.8. The average Bonchev–Trinajstić information content (AvgIpc) is 2.97. The van der Waals surface area contributed by atoms with Gasteiger partial charge in [-0.05, 0) is 63.5 Å². The van der Waals surface area contributed by atoms with E-state index in [1.807, 2.05) is 37.5 Å². The number of halogens is 2. The van der Waals surface area contributed by atoms with Crippen LogP contribution >= 0.6 is 11.6 Å². The molecule has 0 radical (unpaired) electrons. The number of hydrogen-bond acceptors (Lipinski definition) is 7. The highest BCUT2D eigenvalue weighted by Crippen LogP contribution is 2.44. The molecule has 4 heterocycles. The van der Waals surface area contributed by atoms with Crippen LogP contribution in [0.4, 0.5) is 15.9 Å². The fourth-order valence-electron chi connectivity index (χ4n) is 5.77. The van der Waals surface area contributed by atoms with E-state index in [-0.39, 0.29) is 34.5 Å². The van der Waals surface area contributed by atoms with Gasteiger partial charge < -0.3 is 9.80 Å². The van der Waals surface area contributed by atoms with E-state index < -0.39 is 5.82 Å². The Morgan fingerprint density at radius 3 is 2.45 bits per heavy atom. The summed E-state index contributed by atoms with van der Waals surface area (Å²) in [5.41, 5.74) is 4.18. The summed E-state index contributed by atoms with van der Waals surface area (Å²) >= 11 is 6.88. The van der Waals surface area contributed by atoms with Crippen molar-refractivity contribution in [3.63, 3.8) is 0 Å². The number of amidine groups is 1. The van der Waals surface area contributed by atoms with Crippen LogP contribution in [-0.2, 0) is 4.79 Å². The zero-order valence-electron chi connectivity index (χ0n) is 26.0. The van der Waals surface area contributed by atoms with Gasteiger partial charge in [0.2, 0.25) is 5.91 Å². The molecule has 10 heteroatoms. The highest BCUT2D eigenvalue weighted by atomic mass is 35.5. The molecule has 0 spiro atoms. The molecule has 1 amide bonds. The molecule has 5 rings (SSSR count). The number of aliphatic imine (C=N–C) groups is 1. The number of amides is 1. The molecular formula is C34H37ClFN7O. The van der Waals surface area contributed by atoms with E-state index in [2.05, 4.69) is 38.5 Å². The lowest BCUT2D eigenvalue weighted by Crippen LogP contribution is -2.59. The van der Waals surface area contributed by atoms with Crippen LogP contribution in [0.5, 0.6) is 0 Å². The van der Waals surface area contributed by atoms with E-state index in [9.17, 15) is 4.79 Å². The number of benzene rings is 1.